The van der Waals surface area contributed by atoms with Crippen LogP contribution >= 0.6 is 0 Å². The van der Waals surface area contributed by atoms with Crippen LogP contribution < -0.4 is 5.43 Å². The van der Waals surface area contributed by atoms with Gasteiger partial charge in [-0.2, -0.15) is 0 Å². The SMILES string of the molecule is O=C(O)C1CCCN1C(=O)c1ccccc1-c1c2ccc(=O)cc-2oc2cc(O)ccc12. The number of phenols is 1. The minimum atomic E-state index is -1.01. The van der Waals surface area contributed by atoms with Crippen molar-refractivity contribution >= 4 is 22.8 Å². The number of carboxylic acids is 1. The molecule has 0 saturated carbocycles. The van der Waals surface area contributed by atoms with Gasteiger partial charge in [0.15, 0.2) is 5.43 Å². The Morgan fingerprint density at radius 3 is 2.62 bits per heavy atom. The van der Waals surface area contributed by atoms with Gasteiger partial charge in [0.25, 0.3) is 5.91 Å². The molecule has 2 N–H and O–H groups in total. The molecule has 5 rings (SSSR count). The molecular formula is C25H19NO6. The largest absolute Gasteiger partial charge is 0.508 e. The van der Waals surface area contributed by atoms with Gasteiger partial charge in [0, 0.05) is 40.8 Å². The third-order valence-electron chi connectivity index (χ3n) is 5.90. The Labute approximate surface area is 182 Å². The number of nitrogens with zero attached hydrogens (tertiary/aromatic N) is 1. The summed E-state index contributed by atoms with van der Waals surface area (Å²) in [5.41, 5.74) is 2.43. The number of carboxylic acid groups (broad SMARTS) is 1. The Balaban J connectivity index is 1.78. The molecule has 1 amide bonds. The second kappa shape index (κ2) is 7.53. The van der Waals surface area contributed by atoms with Gasteiger partial charge in [-0.05, 0) is 48.7 Å². The number of phenolic OH excluding ortho intramolecular Hbond substituents is 1. The van der Waals surface area contributed by atoms with Gasteiger partial charge in [-0.3, -0.25) is 9.59 Å². The van der Waals surface area contributed by atoms with Crippen molar-refractivity contribution in [2.24, 2.45) is 0 Å². The quantitative estimate of drug-likeness (QED) is 0.477. The molecule has 2 heterocycles. The number of hydrogen-bond acceptors (Lipinski definition) is 5. The summed E-state index contributed by atoms with van der Waals surface area (Å²) in [4.78, 5) is 38.5. The van der Waals surface area contributed by atoms with E-state index in [2.05, 4.69) is 0 Å². The van der Waals surface area contributed by atoms with E-state index in [0.717, 1.165) is 0 Å². The molecule has 1 atom stereocenters. The highest BCUT2D eigenvalue weighted by Crippen LogP contribution is 2.42. The number of likely N-dealkylation sites (tertiary alicyclic amines) is 1. The van der Waals surface area contributed by atoms with E-state index in [0.29, 0.717) is 58.4 Å². The van der Waals surface area contributed by atoms with E-state index in [-0.39, 0.29) is 17.1 Å². The summed E-state index contributed by atoms with van der Waals surface area (Å²) >= 11 is 0. The number of aliphatic carboxylic acids is 1. The summed E-state index contributed by atoms with van der Waals surface area (Å²) in [5, 5.41) is 20.1. The molecule has 0 aromatic heterocycles. The highest BCUT2D eigenvalue weighted by Gasteiger charge is 2.35. The molecule has 0 spiro atoms. The minimum Gasteiger partial charge on any atom is -0.508 e. The van der Waals surface area contributed by atoms with Gasteiger partial charge >= 0.3 is 5.97 Å². The number of carbonyl (C=O) groups excluding carboxylic acids is 1. The lowest BCUT2D eigenvalue weighted by molar-refractivity contribution is -0.141. The third-order valence-corrected chi connectivity index (χ3v) is 5.90. The monoisotopic (exact) mass is 429 g/mol. The minimum absolute atomic E-state index is 0.00977. The van der Waals surface area contributed by atoms with Gasteiger partial charge in [-0.25, -0.2) is 4.79 Å². The van der Waals surface area contributed by atoms with E-state index in [1.54, 1.807) is 36.4 Å². The zero-order chi connectivity index (χ0) is 22.4. The topological polar surface area (TPSA) is 108 Å². The predicted octanol–water partition coefficient (Wildman–Crippen LogP) is 3.96. The number of hydrogen-bond donors (Lipinski definition) is 2. The molecule has 1 unspecified atom stereocenters. The van der Waals surface area contributed by atoms with E-state index in [1.165, 1.54) is 29.2 Å². The summed E-state index contributed by atoms with van der Waals surface area (Å²) in [5.74, 6) is -1.03. The zero-order valence-corrected chi connectivity index (χ0v) is 16.9. The summed E-state index contributed by atoms with van der Waals surface area (Å²) in [6, 6.07) is 15.3. The van der Waals surface area contributed by atoms with Gasteiger partial charge in [0.2, 0.25) is 0 Å². The number of rotatable bonds is 3. The second-order valence-electron chi connectivity index (χ2n) is 7.86. The molecule has 32 heavy (non-hydrogen) atoms. The smallest absolute Gasteiger partial charge is 0.326 e. The maximum absolute atomic E-state index is 13.5. The number of aromatic hydroxyl groups is 1. The highest BCUT2D eigenvalue weighted by molar-refractivity contribution is 6.09. The van der Waals surface area contributed by atoms with Crippen molar-refractivity contribution in [3.05, 3.63) is 76.5 Å². The number of carbonyl (C=O) groups is 2. The predicted molar refractivity (Wildman–Crippen MR) is 118 cm³/mol. The molecule has 2 aromatic rings. The maximum atomic E-state index is 13.5. The average molecular weight is 429 g/mol. The molecule has 1 fully saturated rings. The summed E-state index contributed by atoms with van der Waals surface area (Å²) in [7, 11) is 0. The molecule has 3 aliphatic rings. The normalized spacial score (nSPS) is 16.0. The fourth-order valence-corrected chi connectivity index (χ4v) is 4.46. The first-order chi connectivity index (χ1) is 15.4. The van der Waals surface area contributed by atoms with E-state index in [9.17, 15) is 24.6 Å². The standard InChI is InChI=1S/C25H19NO6/c27-14-7-9-18-21(12-14)32-22-13-15(28)8-10-19(22)23(18)16-4-1-2-5-17(16)24(29)26-11-3-6-20(26)25(30)31/h1-2,4-5,7-10,12-13,20,27H,3,6,11H2,(H,30,31). The van der Waals surface area contributed by atoms with Crippen LogP contribution in [0.4, 0.5) is 0 Å². The molecule has 160 valence electrons. The lowest BCUT2D eigenvalue weighted by atomic mass is 9.90. The van der Waals surface area contributed by atoms with Gasteiger partial charge in [-0.1, -0.05) is 18.2 Å². The zero-order valence-electron chi connectivity index (χ0n) is 16.9. The number of fused-ring (bicyclic) bond motifs is 2. The van der Waals surface area contributed by atoms with Crippen LogP contribution in [0.1, 0.15) is 23.2 Å². The Bertz CT molecular complexity index is 1410. The third kappa shape index (κ3) is 3.19. The Morgan fingerprint density at radius 2 is 1.81 bits per heavy atom. The van der Waals surface area contributed by atoms with Crippen LogP contribution in [0.25, 0.3) is 33.4 Å². The van der Waals surface area contributed by atoms with Crippen molar-refractivity contribution in [3.63, 3.8) is 0 Å². The lowest BCUT2D eigenvalue weighted by Crippen LogP contribution is -2.40. The summed E-state index contributed by atoms with van der Waals surface area (Å²) in [6.45, 7) is 0.378. The molecule has 2 aliphatic heterocycles. The van der Waals surface area contributed by atoms with Crippen LogP contribution in [0.5, 0.6) is 5.75 Å². The molecule has 7 heteroatoms. The Hall–Kier alpha value is -4.13. The van der Waals surface area contributed by atoms with E-state index in [4.69, 9.17) is 4.42 Å². The van der Waals surface area contributed by atoms with Crippen molar-refractivity contribution in [1.82, 2.24) is 4.90 Å². The molecule has 2 aromatic carbocycles. The van der Waals surface area contributed by atoms with Crippen LogP contribution in [-0.2, 0) is 4.79 Å². The molecule has 0 radical (unpaired) electrons. The van der Waals surface area contributed by atoms with Gasteiger partial charge in [0.1, 0.15) is 23.1 Å². The van der Waals surface area contributed by atoms with Crippen LogP contribution in [0, 0.1) is 0 Å². The highest BCUT2D eigenvalue weighted by atomic mass is 16.4. The fraction of sp³-hybridized carbons (Fsp3) is 0.160. The molecule has 1 aliphatic carbocycles. The first-order valence-corrected chi connectivity index (χ1v) is 10.3. The molecule has 0 bridgehead atoms. The second-order valence-corrected chi connectivity index (χ2v) is 7.86. The summed E-state index contributed by atoms with van der Waals surface area (Å²) in [6.07, 6.45) is 1.05. The van der Waals surface area contributed by atoms with Crippen molar-refractivity contribution in [2.75, 3.05) is 6.54 Å². The van der Waals surface area contributed by atoms with Crippen LogP contribution in [0.15, 0.2) is 69.9 Å². The lowest BCUT2D eigenvalue weighted by Gasteiger charge is -2.24. The van der Waals surface area contributed by atoms with Gasteiger partial charge < -0.3 is 19.5 Å². The van der Waals surface area contributed by atoms with Gasteiger partial charge in [0.05, 0.1) is 0 Å². The Morgan fingerprint density at radius 1 is 1.00 bits per heavy atom. The van der Waals surface area contributed by atoms with Crippen molar-refractivity contribution in [1.29, 1.82) is 0 Å². The van der Waals surface area contributed by atoms with Gasteiger partial charge in [-0.15, -0.1) is 0 Å². The van der Waals surface area contributed by atoms with Crippen LogP contribution in [-0.4, -0.2) is 39.6 Å². The maximum Gasteiger partial charge on any atom is 0.326 e. The van der Waals surface area contributed by atoms with Crippen molar-refractivity contribution in [2.45, 2.75) is 18.9 Å². The van der Waals surface area contributed by atoms with Crippen LogP contribution in [0.3, 0.4) is 0 Å². The van der Waals surface area contributed by atoms with E-state index < -0.39 is 12.0 Å². The molecular weight excluding hydrogens is 410 g/mol. The van der Waals surface area contributed by atoms with E-state index in [1.807, 2.05) is 0 Å². The average Bonchev–Trinajstić information content (AvgIpc) is 3.27. The number of amides is 1. The fourth-order valence-electron chi connectivity index (χ4n) is 4.46. The first kappa shape index (κ1) is 19.8. The molecule has 1 saturated heterocycles. The van der Waals surface area contributed by atoms with E-state index >= 15 is 0 Å². The Kier molecular flexibility index (Phi) is 4.66. The van der Waals surface area contributed by atoms with Crippen LogP contribution in [0.2, 0.25) is 0 Å². The first-order valence-electron chi connectivity index (χ1n) is 10.3. The summed E-state index contributed by atoms with van der Waals surface area (Å²) < 4.78 is 5.89. The van der Waals surface area contributed by atoms with Crippen molar-refractivity contribution in [3.8, 4) is 28.2 Å². The number of benzene rings is 3. The molecule has 7 nitrogen and oxygen atoms in total. The van der Waals surface area contributed by atoms with Crippen molar-refractivity contribution < 1.29 is 24.2 Å².